The van der Waals surface area contributed by atoms with E-state index in [1.807, 2.05) is 6.08 Å². The van der Waals surface area contributed by atoms with Crippen LogP contribution in [0.1, 0.15) is 90.9 Å². The summed E-state index contributed by atoms with van der Waals surface area (Å²) in [6.45, 7) is 3.35. The van der Waals surface area contributed by atoms with Crippen LogP contribution in [0.2, 0.25) is 0 Å². The van der Waals surface area contributed by atoms with Crippen LogP contribution in [0.25, 0.3) is 0 Å². The smallest absolute Gasteiger partial charge is 0.217 e. The molecule has 0 aliphatic heterocycles. The molecule has 0 heterocycles. The Bertz CT molecular complexity index is 443. The molecule has 4 heteroatoms. The summed E-state index contributed by atoms with van der Waals surface area (Å²) in [6.07, 6.45) is 26.3. The van der Waals surface area contributed by atoms with Gasteiger partial charge in [0.25, 0.3) is 0 Å². The fourth-order valence-corrected chi connectivity index (χ4v) is 2.95. The SMILES string of the molecule is CCCCCCCCC/C=C/CC/C=C/CC/C=C/C(O)C(CO)NC(C)=O. The first-order valence-electron chi connectivity index (χ1n) is 11.1. The molecule has 0 saturated heterocycles. The molecule has 28 heavy (non-hydrogen) atoms. The minimum atomic E-state index is -0.862. The molecule has 0 spiro atoms. The van der Waals surface area contributed by atoms with E-state index in [9.17, 15) is 9.90 Å². The molecule has 3 N–H and O–H groups in total. The third kappa shape index (κ3) is 18.0. The van der Waals surface area contributed by atoms with Crippen molar-refractivity contribution in [1.82, 2.24) is 5.32 Å². The predicted molar refractivity (Wildman–Crippen MR) is 119 cm³/mol. The fraction of sp³-hybridized carbons (Fsp3) is 0.708. The Balaban J connectivity index is 3.58. The van der Waals surface area contributed by atoms with Gasteiger partial charge >= 0.3 is 0 Å². The highest BCUT2D eigenvalue weighted by atomic mass is 16.3. The highest BCUT2D eigenvalue weighted by molar-refractivity contribution is 5.73. The van der Waals surface area contributed by atoms with Gasteiger partial charge in [-0.25, -0.2) is 0 Å². The minimum Gasteiger partial charge on any atom is -0.394 e. The molecule has 0 aliphatic carbocycles. The standard InChI is InChI=1S/C24H43NO3/c1-3-4-5-6-7-8-9-10-11-12-13-14-15-16-17-18-19-20-24(28)23(21-26)25-22(2)27/h11-12,15-16,19-20,23-24,26,28H,3-10,13-14,17-18,21H2,1-2H3,(H,25,27)/b12-11+,16-15+,20-19+. The second kappa shape index (κ2) is 20.3. The first-order chi connectivity index (χ1) is 13.6. The van der Waals surface area contributed by atoms with Gasteiger partial charge in [0, 0.05) is 6.92 Å². The first kappa shape index (κ1) is 26.6. The number of allylic oxidation sites excluding steroid dienone is 5. The van der Waals surface area contributed by atoms with Crippen molar-refractivity contribution < 1.29 is 15.0 Å². The van der Waals surface area contributed by atoms with Gasteiger partial charge in [0.15, 0.2) is 0 Å². The molecule has 0 fully saturated rings. The number of aliphatic hydroxyl groups is 2. The van der Waals surface area contributed by atoms with Crippen molar-refractivity contribution >= 4 is 5.91 Å². The summed E-state index contributed by atoms with van der Waals surface area (Å²) < 4.78 is 0. The molecule has 0 rings (SSSR count). The number of hydrogen-bond acceptors (Lipinski definition) is 3. The molecule has 0 aromatic carbocycles. The molecule has 4 nitrogen and oxygen atoms in total. The van der Waals surface area contributed by atoms with E-state index < -0.39 is 12.1 Å². The molecule has 2 unspecified atom stereocenters. The van der Waals surface area contributed by atoms with E-state index in [1.54, 1.807) is 6.08 Å². The van der Waals surface area contributed by atoms with E-state index in [0.717, 1.165) is 25.7 Å². The lowest BCUT2D eigenvalue weighted by Crippen LogP contribution is -2.44. The van der Waals surface area contributed by atoms with Crippen LogP contribution in [0.3, 0.4) is 0 Å². The summed E-state index contributed by atoms with van der Waals surface area (Å²) in [6, 6.07) is -0.642. The second-order valence-electron chi connectivity index (χ2n) is 7.42. The number of hydrogen-bond donors (Lipinski definition) is 3. The maximum absolute atomic E-state index is 11.0. The Labute approximate surface area is 172 Å². The lowest BCUT2D eigenvalue weighted by atomic mass is 10.1. The quantitative estimate of drug-likeness (QED) is 0.221. The van der Waals surface area contributed by atoms with Gasteiger partial charge < -0.3 is 15.5 Å². The van der Waals surface area contributed by atoms with Crippen molar-refractivity contribution in [2.24, 2.45) is 0 Å². The summed E-state index contributed by atoms with van der Waals surface area (Å²) in [5.41, 5.74) is 0. The highest BCUT2D eigenvalue weighted by Gasteiger charge is 2.15. The van der Waals surface area contributed by atoms with E-state index in [0.29, 0.717) is 0 Å². The van der Waals surface area contributed by atoms with Crippen LogP contribution < -0.4 is 5.32 Å². The zero-order chi connectivity index (χ0) is 20.9. The maximum atomic E-state index is 11.0. The summed E-state index contributed by atoms with van der Waals surface area (Å²) in [4.78, 5) is 11.0. The zero-order valence-corrected chi connectivity index (χ0v) is 18.1. The number of carbonyl (C=O) groups is 1. The molecule has 162 valence electrons. The Kier molecular flexibility index (Phi) is 19.3. The van der Waals surface area contributed by atoms with Gasteiger partial charge in [0.2, 0.25) is 5.91 Å². The maximum Gasteiger partial charge on any atom is 0.217 e. The van der Waals surface area contributed by atoms with E-state index in [-0.39, 0.29) is 12.5 Å². The normalized spacial score (nSPS) is 14.3. The van der Waals surface area contributed by atoms with Crippen LogP contribution in [0.5, 0.6) is 0 Å². The van der Waals surface area contributed by atoms with Gasteiger partial charge in [-0.05, 0) is 38.5 Å². The van der Waals surface area contributed by atoms with Crippen LogP contribution in [0, 0.1) is 0 Å². The first-order valence-corrected chi connectivity index (χ1v) is 11.1. The average Bonchev–Trinajstić information content (AvgIpc) is 2.68. The van der Waals surface area contributed by atoms with Crippen LogP contribution in [0.15, 0.2) is 36.5 Å². The van der Waals surface area contributed by atoms with Crippen LogP contribution >= 0.6 is 0 Å². The lowest BCUT2D eigenvalue weighted by Gasteiger charge is -2.18. The van der Waals surface area contributed by atoms with Gasteiger partial charge in [-0.1, -0.05) is 81.9 Å². The summed E-state index contributed by atoms with van der Waals surface area (Å²) in [7, 11) is 0. The average molecular weight is 394 g/mol. The molecule has 0 saturated carbocycles. The van der Waals surface area contributed by atoms with Crippen molar-refractivity contribution in [3.05, 3.63) is 36.5 Å². The molecular formula is C24H43NO3. The topological polar surface area (TPSA) is 69.6 Å². The number of carbonyl (C=O) groups excluding carboxylic acids is 1. The molecular weight excluding hydrogens is 350 g/mol. The van der Waals surface area contributed by atoms with Crippen LogP contribution in [0.4, 0.5) is 0 Å². The lowest BCUT2D eigenvalue weighted by molar-refractivity contribution is -0.120. The van der Waals surface area contributed by atoms with Crippen LogP contribution in [-0.4, -0.2) is 34.9 Å². The molecule has 2 atom stereocenters. The number of aliphatic hydroxyl groups excluding tert-OH is 2. The van der Waals surface area contributed by atoms with Gasteiger partial charge in [0.1, 0.15) is 0 Å². The Morgan fingerprint density at radius 1 is 0.821 bits per heavy atom. The second-order valence-corrected chi connectivity index (χ2v) is 7.42. The Hall–Kier alpha value is -1.39. The molecule has 1 amide bonds. The highest BCUT2D eigenvalue weighted by Crippen LogP contribution is 2.09. The molecule has 0 aliphatic rings. The Morgan fingerprint density at radius 3 is 1.86 bits per heavy atom. The number of nitrogens with one attached hydrogen (secondary N) is 1. The van der Waals surface area contributed by atoms with Crippen molar-refractivity contribution in [2.45, 2.75) is 103 Å². The van der Waals surface area contributed by atoms with Crippen molar-refractivity contribution in [3.8, 4) is 0 Å². The van der Waals surface area contributed by atoms with E-state index in [4.69, 9.17) is 5.11 Å². The van der Waals surface area contributed by atoms with Crippen molar-refractivity contribution in [2.75, 3.05) is 6.61 Å². The minimum absolute atomic E-state index is 0.258. The summed E-state index contributed by atoms with van der Waals surface area (Å²) >= 11 is 0. The summed E-state index contributed by atoms with van der Waals surface area (Å²) in [5, 5.41) is 21.6. The molecule has 0 radical (unpaired) electrons. The Morgan fingerprint density at radius 2 is 1.32 bits per heavy atom. The molecule has 0 bridgehead atoms. The van der Waals surface area contributed by atoms with Gasteiger partial charge in [-0.3, -0.25) is 4.79 Å². The van der Waals surface area contributed by atoms with E-state index in [1.165, 1.54) is 58.3 Å². The van der Waals surface area contributed by atoms with Gasteiger partial charge in [-0.15, -0.1) is 0 Å². The number of unbranched alkanes of at least 4 members (excludes halogenated alkanes) is 9. The number of amides is 1. The van der Waals surface area contributed by atoms with Gasteiger partial charge in [-0.2, -0.15) is 0 Å². The molecule has 0 aromatic heterocycles. The summed E-state index contributed by atoms with van der Waals surface area (Å²) in [5.74, 6) is -0.258. The van der Waals surface area contributed by atoms with E-state index in [2.05, 4.69) is 36.5 Å². The van der Waals surface area contributed by atoms with Crippen molar-refractivity contribution in [1.29, 1.82) is 0 Å². The van der Waals surface area contributed by atoms with Crippen molar-refractivity contribution in [3.63, 3.8) is 0 Å². The third-order valence-electron chi connectivity index (χ3n) is 4.64. The largest absolute Gasteiger partial charge is 0.394 e. The number of rotatable bonds is 18. The monoisotopic (exact) mass is 393 g/mol. The third-order valence-corrected chi connectivity index (χ3v) is 4.64. The predicted octanol–water partition coefficient (Wildman–Crippen LogP) is 5.21. The zero-order valence-electron chi connectivity index (χ0n) is 18.1. The molecule has 0 aromatic rings. The van der Waals surface area contributed by atoms with E-state index >= 15 is 0 Å². The fourth-order valence-electron chi connectivity index (χ4n) is 2.95. The van der Waals surface area contributed by atoms with Crippen LogP contribution in [-0.2, 0) is 4.79 Å². The van der Waals surface area contributed by atoms with Gasteiger partial charge in [0.05, 0.1) is 18.8 Å².